The second-order valence-corrected chi connectivity index (χ2v) is 4.68. The molecule has 108 valence electrons. The Kier molecular flexibility index (Phi) is 4.77. The molecule has 0 unspecified atom stereocenters. The van der Waals surface area contributed by atoms with Gasteiger partial charge in [-0.05, 0) is 35.8 Å². The molecule has 0 bridgehead atoms. The Labute approximate surface area is 124 Å². The third kappa shape index (κ3) is 3.72. The highest BCUT2D eigenvalue weighted by Gasteiger charge is 2.03. The zero-order chi connectivity index (χ0) is 15.2. The van der Waals surface area contributed by atoms with E-state index < -0.39 is 0 Å². The number of methoxy groups -OCH3 is 1. The Hall–Kier alpha value is -2.55. The first kappa shape index (κ1) is 14.9. The zero-order valence-corrected chi connectivity index (χ0v) is 12.2. The van der Waals surface area contributed by atoms with Crippen LogP contribution in [-0.4, -0.2) is 18.0 Å². The minimum Gasteiger partial charge on any atom is -0.504 e. The van der Waals surface area contributed by atoms with E-state index in [2.05, 4.69) is 6.92 Å². The first-order valence-corrected chi connectivity index (χ1v) is 6.82. The number of carbonyl (C=O) groups excluding carboxylic acids is 1. The molecule has 2 aromatic carbocycles. The molecule has 0 radical (unpaired) electrons. The Morgan fingerprint density at radius 2 is 1.90 bits per heavy atom. The molecule has 0 amide bonds. The number of aromatic hydroxyl groups is 1. The van der Waals surface area contributed by atoms with Gasteiger partial charge in [-0.3, -0.25) is 4.79 Å². The van der Waals surface area contributed by atoms with Crippen LogP contribution < -0.4 is 4.74 Å². The topological polar surface area (TPSA) is 46.5 Å². The summed E-state index contributed by atoms with van der Waals surface area (Å²) in [6.45, 7) is 2.08. The van der Waals surface area contributed by atoms with E-state index in [0.29, 0.717) is 11.3 Å². The summed E-state index contributed by atoms with van der Waals surface area (Å²) >= 11 is 0. The molecule has 0 aliphatic carbocycles. The molecule has 1 N–H and O–H groups in total. The molecule has 2 aromatic rings. The summed E-state index contributed by atoms with van der Waals surface area (Å²) in [6.07, 6.45) is 4.18. The van der Waals surface area contributed by atoms with E-state index in [1.165, 1.54) is 18.7 Å². The Balaban J connectivity index is 2.14. The van der Waals surface area contributed by atoms with Crippen molar-refractivity contribution in [3.8, 4) is 11.5 Å². The fourth-order valence-electron chi connectivity index (χ4n) is 1.97. The molecule has 3 heteroatoms. The molecule has 2 rings (SSSR count). The quantitative estimate of drug-likeness (QED) is 0.669. The van der Waals surface area contributed by atoms with Crippen molar-refractivity contribution >= 4 is 11.9 Å². The third-order valence-corrected chi connectivity index (χ3v) is 3.28. The van der Waals surface area contributed by atoms with Crippen molar-refractivity contribution in [2.75, 3.05) is 7.11 Å². The van der Waals surface area contributed by atoms with Gasteiger partial charge in [-0.15, -0.1) is 0 Å². The number of rotatable bonds is 5. The summed E-state index contributed by atoms with van der Waals surface area (Å²) in [5, 5.41) is 9.52. The number of benzene rings is 2. The predicted molar refractivity (Wildman–Crippen MR) is 83.8 cm³/mol. The monoisotopic (exact) mass is 282 g/mol. The van der Waals surface area contributed by atoms with Gasteiger partial charge in [0.15, 0.2) is 17.3 Å². The molecule has 0 aliphatic rings. The highest BCUT2D eigenvalue weighted by molar-refractivity contribution is 6.06. The van der Waals surface area contributed by atoms with E-state index in [4.69, 9.17) is 4.74 Å². The summed E-state index contributed by atoms with van der Waals surface area (Å²) in [4.78, 5) is 12.1. The number of allylic oxidation sites excluding steroid dienone is 1. The molecular formula is C18H18O3. The van der Waals surface area contributed by atoms with Crippen LogP contribution in [0.15, 0.2) is 48.5 Å². The van der Waals surface area contributed by atoms with Crippen molar-refractivity contribution in [2.45, 2.75) is 13.3 Å². The van der Waals surface area contributed by atoms with Crippen LogP contribution in [0.3, 0.4) is 0 Å². The minimum absolute atomic E-state index is 0.0512. The van der Waals surface area contributed by atoms with Crippen LogP contribution in [0, 0.1) is 0 Å². The van der Waals surface area contributed by atoms with Gasteiger partial charge in [0.1, 0.15) is 0 Å². The van der Waals surface area contributed by atoms with E-state index >= 15 is 0 Å². The number of hydrogen-bond acceptors (Lipinski definition) is 3. The van der Waals surface area contributed by atoms with Crippen molar-refractivity contribution < 1.29 is 14.6 Å². The Bertz CT molecular complexity index is 655. The maximum atomic E-state index is 12.1. The van der Waals surface area contributed by atoms with Crippen molar-refractivity contribution in [1.82, 2.24) is 0 Å². The first-order valence-electron chi connectivity index (χ1n) is 6.82. The van der Waals surface area contributed by atoms with E-state index in [1.807, 2.05) is 24.3 Å². The lowest BCUT2D eigenvalue weighted by molar-refractivity contribution is 0.104. The Morgan fingerprint density at radius 3 is 2.52 bits per heavy atom. The predicted octanol–water partition coefficient (Wildman–Crippen LogP) is 3.86. The molecule has 0 aliphatic heterocycles. The number of phenols is 1. The standard InChI is InChI=1S/C18H18O3/c1-3-13-4-8-15(9-5-13)16(19)10-6-14-7-11-17(20)18(12-14)21-2/h4-12,20H,3H2,1-2H3/b10-6+. The van der Waals surface area contributed by atoms with Crippen LogP contribution >= 0.6 is 0 Å². The van der Waals surface area contributed by atoms with E-state index in [1.54, 1.807) is 24.3 Å². The van der Waals surface area contributed by atoms with Crippen molar-refractivity contribution in [3.05, 3.63) is 65.2 Å². The lowest BCUT2D eigenvalue weighted by atomic mass is 10.1. The number of hydrogen-bond donors (Lipinski definition) is 1. The fraction of sp³-hybridized carbons (Fsp3) is 0.167. The van der Waals surface area contributed by atoms with Crippen molar-refractivity contribution in [1.29, 1.82) is 0 Å². The number of carbonyl (C=O) groups is 1. The number of aryl methyl sites for hydroxylation is 1. The highest BCUT2D eigenvalue weighted by atomic mass is 16.5. The van der Waals surface area contributed by atoms with Crippen LogP contribution in [0.2, 0.25) is 0 Å². The SMILES string of the molecule is CCc1ccc(C(=O)/C=C/c2ccc(O)c(OC)c2)cc1. The maximum Gasteiger partial charge on any atom is 0.185 e. The van der Waals surface area contributed by atoms with Crippen molar-refractivity contribution in [3.63, 3.8) is 0 Å². The molecule has 0 spiro atoms. The lowest BCUT2D eigenvalue weighted by Crippen LogP contribution is -1.94. The van der Waals surface area contributed by atoms with Gasteiger partial charge in [0.2, 0.25) is 0 Å². The summed E-state index contributed by atoms with van der Waals surface area (Å²) in [7, 11) is 1.49. The van der Waals surface area contributed by atoms with E-state index in [-0.39, 0.29) is 11.5 Å². The molecule has 0 fully saturated rings. The van der Waals surface area contributed by atoms with E-state index in [0.717, 1.165) is 12.0 Å². The van der Waals surface area contributed by atoms with Gasteiger partial charge < -0.3 is 9.84 Å². The molecular weight excluding hydrogens is 264 g/mol. The van der Waals surface area contributed by atoms with Gasteiger partial charge in [0.05, 0.1) is 7.11 Å². The smallest absolute Gasteiger partial charge is 0.185 e. The van der Waals surface area contributed by atoms with Gasteiger partial charge in [-0.2, -0.15) is 0 Å². The number of phenolic OH excluding ortho intramolecular Hbond substituents is 1. The van der Waals surface area contributed by atoms with Gasteiger partial charge in [0.25, 0.3) is 0 Å². The molecule has 0 atom stereocenters. The molecule has 21 heavy (non-hydrogen) atoms. The van der Waals surface area contributed by atoms with Gasteiger partial charge in [0, 0.05) is 5.56 Å². The Morgan fingerprint density at radius 1 is 1.19 bits per heavy atom. The van der Waals surface area contributed by atoms with E-state index in [9.17, 15) is 9.90 Å². The lowest BCUT2D eigenvalue weighted by Gasteiger charge is -2.03. The van der Waals surface area contributed by atoms with Crippen LogP contribution in [0.25, 0.3) is 6.08 Å². The van der Waals surface area contributed by atoms with Crippen LogP contribution in [-0.2, 0) is 6.42 Å². The third-order valence-electron chi connectivity index (χ3n) is 3.28. The molecule has 0 saturated heterocycles. The average molecular weight is 282 g/mol. The second-order valence-electron chi connectivity index (χ2n) is 4.68. The summed E-state index contributed by atoms with van der Waals surface area (Å²) < 4.78 is 5.03. The van der Waals surface area contributed by atoms with Crippen LogP contribution in [0.5, 0.6) is 11.5 Å². The molecule has 0 heterocycles. The molecule has 0 aromatic heterocycles. The highest BCUT2D eigenvalue weighted by Crippen LogP contribution is 2.26. The van der Waals surface area contributed by atoms with Crippen LogP contribution in [0.1, 0.15) is 28.4 Å². The largest absolute Gasteiger partial charge is 0.504 e. The van der Waals surface area contributed by atoms with Crippen LogP contribution in [0.4, 0.5) is 0 Å². The zero-order valence-electron chi connectivity index (χ0n) is 12.2. The first-order chi connectivity index (χ1) is 10.1. The summed E-state index contributed by atoms with van der Waals surface area (Å²) in [5.41, 5.74) is 2.66. The minimum atomic E-state index is -0.0512. The average Bonchev–Trinajstić information content (AvgIpc) is 2.53. The normalized spacial score (nSPS) is 10.8. The van der Waals surface area contributed by atoms with Crippen molar-refractivity contribution in [2.24, 2.45) is 0 Å². The van der Waals surface area contributed by atoms with Gasteiger partial charge in [-0.1, -0.05) is 43.3 Å². The molecule has 3 nitrogen and oxygen atoms in total. The second kappa shape index (κ2) is 6.75. The summed E-state index contributed by atoms with van der Waals surface area (Å²) in [5.74, 6) is 0.415. The molecule has 0 saturated carbocycles. The number of ketones is 1. The number of ether oxygens (including phenoxy) is 1. The van der Waals surface area contributed by atoms with Gasteiger partial charge in [-0.25, -0.2) is 0 Å². The fourth-order valence-corrected chi connectivity index (χ4v) is 1.97. The van der Waals surface area contributed by atoms with Gasteiger partial charge >= 0.3 is 0 Å². The summed E-state index contributed by atoms with van der Waals surface area (Å²) in [6, 6.07) is 12.5. The maximum absolute atomic E-state index is 12.1.